The molecule has 0 atom stereocenters. The predicted molar refractivity (Wildman–Crippen MR) is 73.0 cm³/mol. The van der Waals surface area contributed by atoms with Crippen molar-refractivity contribution < 1.29 is 9.59 Å². The van der Waals surface area contributed by atoms with E-state index in [2.05, 4.69) is 6.92 Å². The number of nitrogens with two attached hydrogens (primary N) is 1. The first kappa shape index (κ1) is 17.4. The van der Waals surface area contributed by atoms with Crippen LogP contribution in [-0.2, 0) is 9.59 Å². The van der Waals surface area contributed by atoms with Gasteiger partial charge in [0.15, 0.2) is 0 Å². The highest BCUT2D eigenvalue weighted by Gasteiger charge is 2.12. The highest BCUT2D eigenvalue weighted by atomic mass is 16.2. The molecule has 0 saturated heterocycles. The van der Waals surface area contributed by atoms with E-state index >= 15 is 0 Å². The van der Waals surface area contributed by atoms with Gasteiger partial charge >= 0.3 is 0 Å². The van der Waals surface area contributed by atoms with Gasteiger partial charge in [-0.1, -0.05) is 13.3 Å². The van der Waals surface area contributed by atoms with E-state index < -0.39 is 0 Å². The van der Waals surface area contributed by atoms with Crippen LogP contribution in [0.1, 0.15) is 32.6 Å². The average molecular weight is 268 g/mol. The Morgan fingerprint density at radius 1 is 1.26 bits per heavy atom. The number of nitriles is 1. The quantitative estimate of drug-likeness (QED) is 0.618. The van der Waals surface area contributed by atoms with Gasteiger partial charge in [0.05, 0.1) is 19.0 Å². The summed E-state index contributed by atoms with van der Waals surface area (Å²) in [6.07, 6.45) is 2.69. The number of nitrogens with zero attached hydrogens (tertiary/aromatic N) is 3. The van der Waals surface area contributed by atoms with Crippen LogP contribution in [0.5, 0.6) is 0 Å². The Balaban J connectivity index is 4.10. The van der Waals surface area contributed by atoms with Crippen LogP contribution in [0.25, 0.3) is 0 Å². The molecule has 0 saturated carbocycles. The van der Waals surface area contributed by atoms with Gasteiger partial charge in [0, 0.05) is 26.6 Å². The van der Waals surface area contributed by atoms with Crippen LogP contribution < -0.4 is 5.73 Å². The lowest BCUT2D eigenvalue weighted by Gasteiger charge is -2.22. The van der Waals surface area contributed by atoms with E-state index in [0.717, 1.165) is 19.4 Å². The molecule has 2 N–H and O–H groups in total. The summed E-state index contributed by atoms with van der Waals surface area (Å²) >= 11 is 0. The fourth-order valence-electron chi connectivity index (χ4n) is 1.66. The number of rotatable bonds is 10. The van der Waals surface area contributed by atoms with Gasteiger partial charge in [-0.2, -0.15) is 5.26 Å². The van der Waals surface area contributed by atoms with E-state index in [4.69, 9.17) is 11.0 Å². The van der Waals surface area contributed by atoms with Gasteiger partial charge in [0.2, 0.25) is 11.8 Å². The maximum atomic E-state index is 11.8. The molecule has 0 aliphatic carbocycles. The minimum Gasteiger partial charge on any atom is -0.369 e. The van der Waals surface area contributed by atoms with E-state index in [1.165, 1.54) is 0 Å². The normalized spacial score (nSPS) is 10.2. The second-order valence-corrected chi connectivity index (χ2v) is 4.57. The molecule has 0 fully saturated rings. The SMILES string of the molecule is CCCCN(CCC(=O)N(C)CCC#N)CC(N)=O. The molecule has 0 aliphatic heterocycles. The Hall–Kier alpha value is -1.61. The maximum Gasteiger partial charge on any atom is 0.231 e. The summed E-state index contributed by atoms with van der Waals surface area (Å²) in [4.78, 5) is 26.2. The molecule has 0 spiro atoms. The molecule has 19 heavy (non-hydrogen) atoms. The highest BCUT2D eigenvalue weighted by Crippen LogP contribution is 1.99. The summed E-state index contributed by atoms with van der Waals surface area (Å²) in [6.45, 7) is 4.01. The Morgan fingerprint density at radius 3 is 2.47 bits per heavy atom. The van der Waals surface area contributed by atoms with Crippen LogP contribution in [0.15, 0.2) is 0 Å². The van der Waals surface area contributed by atoms with E-state index in [-0.39, 0.29) is 18.4 Å². The zero-order valence-electron chi connectivity index (χ0n) is 11.9. The van der Waals surface area contributed by atoms with E-state index in [1.807, 2.05) is 11.0 Å². The molecule has 0 radical (unpaired) electrons. The summed E-state index contributed by atoms with van der Waals surface area (Å²) in [6, 6.07) is 2.01. The lowest BCUT2D eigenvalue weighted by atomic mass is 10.2. The van der Waals surface area contributed by atoms with Crippen molar-refractivity contribution in [3.8, 4) is 6.07 Å². The smallest absolute Gasteiger partial charge is 0.231 e. The summed E-state index contributed by atoms with van der Waals surface area (Å²) in [7, 11) is 1.68. The molecule has 0 heterocycles. The molecular formula is C13H24N4O2. The molecule has 0 aromatic rings. The van der Waals surface area contributed by atoms with Crippen LogP contribution in [-0.4, -0.2) is 54.8 Å². The van der Waals surface area contributed by atoms with Gasteiger partial charge in [-0.05, 0) is 13.0 Å². The van der Waals surface area contributed by atoms with Crippen molar-refractivity contribution in [2.45, 2.75) is 32.6 Å². The predicted octanol–water partition coefficient (Wildman–Crippen LogP) is 0.336. The zero-order valence-corrected chi connectivity index (χ0v) is 11.9. The Kier molecular flexibility index (Phi) is 9.45. The second kappa shape index (κ2) is 10.3. The standard InChI is InChI=1S/C13H24N4O2/c1-3-4-9-17(11-12(15)18)10-6-13(19)16(2)8-5-7-14/h3-6,8-11H2,1-2H3,(H2,15,18). The zero-order chi connectivity index (χ0) is 14.7. The minimum atomic E-state index is -0.374. The van der Waals surface area contributed by atoms with Crippen molar-refractivity contribution in [2.75, 3.05) is 33.2 Å². The van der Waals surface area contributed by atoms with Crippen molar-refractivity contribution in [1.82, 2.24) is 9.80 Å². The number of amides is 2. The number of hydrogen-bond donors (Lipinski definition) is 1. The molecule has 2 amide bonds. The van der Waals surface area contributed by atoms with Gasteiger partial charge in [0.1, 0.15) is 0 Å². The fraction of sp³-hybridized carbons (Fsp3) is 0.769. The second-order valence-electron chi connectivity index (χ2n) is 4.57. The summed E-state index contributed by atoms with van der Waals surface area (Å²) in [5.74, 6) is -0.386. The first-order chi connectivity index (χ1) is 9.01. The monoisotopic (exact) mass is 268 g/mol. The van der Waals surface area contributed by atoms with Crippen LogP contribution >= 0.6 is 0 Å². The van der Waals surface area contributed by atoms with E-state index in [0.29, 0.717) is 25.9 Å². The van der Waals surface area contributed by atoms with Crippen molar-refractivity contribution in [2.24, 2.45) is 5.73 Å². The first-order valence-corrected chi connectivity index (χ1v) is 6.62. The molecule has 0 aromatic heterocycles. The van der Waals surface area contributed by atoms with E-state index in [9.17, 15) is 9.59 Å². The lowest BCUT2D eigenvalue weighted by molar-refractivity contribution is -0.130. The molecule has 0 rings (SSSR count). The van der Waals surface area contributed by atoms with Crippen molar-refractivity contribution in [3.63, 3.8) is 0 Å². The van der Waals surface area contributed by atoms with Crippen molar-refractivity contribution in [3.05, 3.63) is 0 Å². The Morgan fingerprint density at radius 2 is 1.95 bits per heavy atom. The summed E-state index contributed by atoms with van der Waals surface area (Å²) in [5.41, 5.74) is 5.18. The number of unbranched alkanes of at least 4 members (excludes halogenated alkanes) is 1. The molecule has 6 heteroatoms. The Bertz CT molecular complexity index is 325. The summed E-state index contributed by atoms with van der Waals surface area (Å²) < 4.78 is 0. The largest absolute Gasteiger partial charge is 0.369 e. The lowest BCUT2D eigenvalue weighted by Crippen LogP contribution is -2.37. The minimum absolute atomic E-state index is 0.0128. The number of hydrogen-bond acceptors (Lipinski definition) is 4. The third-order valence-corrected chi connectivity index (χ3v) is 2.83. The van der Waals surface area contributed by atoms with Crippen LogP contribution in [0.4, 0.5) is 0 Å². The van der Waals surface area contributed by atoms with Gasteiger partial charge in [-0.25, -0.2) is 0 Å². The van der Waals surface area contributed by atoms with Gasteiger partial charge in [0.25, 0.3) is 0 Å². The number of primary amides is 1. The number of carbonyl (C=O) groups excluding carboxylic acids is 2. The first-order valence-electron chi connectivity index (χ1n) is 6.62. The van der Waals surface area contributed by atoms with Gasteiger partial charge in [-0.15, -0.1) is 0 Å². The molecular weight excluding hydrogens is 244 g/mol. The molecule has 108 valence electrons. The van der Waals surface area contributed by atoms with Crippen molar-refractivity contribution in [1.29, 1.82) is 5.26 Å². The topological polar surface area (TPSA) is 90.4 Å². The molecule has 6 nitrogen and oxygen atoms in total. The fourth-order valence-corrected chi connectivity index (χ4v) is 1.66. The molecule has 0 aliphatic rings. The van der Waals surface area contributed by atoms with Gasteiger partial charge < -0.3 is 10.6 Å². The van der Waals surface area contributed by atoms with Gasteiger partial charge in [-0.3, -0.25) is 14.5 Å². The molecule has 0 bridgehead atoms. The third kappa shape index (κ3) is 9.03. The van der Waals surface area contributed by atoms with Crippen LogP contribution in [0, 0.1) is 11.3 Å². The third-order valence-electron chi connectivity index (χ3n) is 2.83. The Labute approximate surface area is 115 Å². The molecule has 0 aromatic carbocycles. The van der Waals surface area contributed by atoms with Crippen LogP contribution in [0.2, 0.25) is 0 Å². The number of carbonyl (C=O) groups is 2. The van der Waals surface area contributed by atoms with Crippen LogP contribution in [0.3, 0.4) is 0 Å². The summed E-state index contributed by atoms with van der Waals surface area (Å²) in [5, 5.41) is 8.46. The molecule has 0 unspecified atom stereocenters. The highest BCUT2D eigenvalue weighted by molar-refractivity contribution is 5.77. The van der Waals surface area contributed by atoms with E-state index in [1.54, 1.807) is 11.9 Å². The maximum absolute atomic E-state index is 11.8. The van der Waals surface area contributed by atoms with Crippen molar-refractivity contribution >= 4 is 11.8 Å². The average Bonchev–Trinajstić information content (AvgIpc) is 2.38.